The molecular formula is C17H28N6O9S. The van der Waals surface area contributed by atoms with Crippen LogP contribution in [0.5, 0.6) is 0 Å². The topological polar surface area (TPSA) is 274 Å². The van der Waals surface area contributed by atoms with E-state index in [4.69, 9.17) is 22.3 Å². The van der Waals surface area contributed by atoms with E-state index in [2.05, 4.69) is 28.6 Å². The molecule has 0 aliphatic rings. The molecule has 0 radical (unpaired) electrons. The summed E-state index contributed by atoms with van der Waals surface area (Å²) in [5, 5.41) is 24.5. The number of nitrogens with one attached hydrogen (secondary N) is 3. The number of amides is 5. The highest BCUT2D eigenvalue weighted by molar-refractivity contribution is 7.80. The Kier molecular flexibility index (Phi) is 13.1. The van der Waals surface area contributed by atoms with E-state index < -0.39 is 84.9 Å². The second-order valence-electron chi connectivity index (χ2n) is 6.92. The molecule has 15 nitrogen and oxygen atoms in total. The van der Waals surface area contributed by atoms with Crippen molar-refractivity contribution in [2.24, 2.45) is 17.2 Å². The summed E-state index contributed by atoms with van der Waals surface area (Å²) >= 11 is 3.94. The van der Waals surface area contributed by atoms with Gasteiger partial charge in [-0.05, 0) is 12.8 Å². The van der Waals surface area contributed by atoms with Crippen molar-refractivity contribution in [3.8, 4) is 0 Å². The zero-order chi connectivity index (χ0) is 25.7. The van der Waals surface area contributed by atoms with Gasteiger partial charge in [-0.3, -0.25) is 28.8 Å². The minimum Gasteiger partial charge on any atom is -0.481 e. The highest BCUT2D eigenvalue weighted by Gasteiger charge is 2.30. The van der Waals surface area contributed by atoms with E-state index in [1.54, 1.807) is 0 Å². The summed E-state index contributed by atoms with van der Waals surface area (Å²) in [5.74, 6) is -7.52. The van der Waals surface area contributed by atoms with Gasteiger partial charge in [0.05, 0.1) is 12.5 Å². The number of carboxylic acid groups (broad SMARTS) is 2. The summed E-state index contributed by atoms with van der Waals surface area (Å²) < 4.78 is 0. The summed E-state index contributed by atoms with van der Waals surface area (Å²) in [6.45, 7) is 0. The molecule has 0 bridgehead atoms. The lowest BCUT2D eigenvalue weighted by atomic mass is 10.1. The predicted octanol–water partition coefficient (Wildman–Crippen LogP) is -4.21. The Balaban J connectivity index is 5.36. The van der Waals surface area contributed by atoms with Gasteiger partial charge in [0, 0.05) is 18.6 Å². The molecule has 0 saturated heterocycles. The molecule has 4 atom stereocenters. The zero-order valence-electron chi connectivity index (χ0n) is 17.5. The van der Waals surface area contributed by atoms with Crippen molar-refractivity contribution < 1.29 is 43.8 Å². The van der Waals surface area contributed by atoms with Crippen LogP contribution in [-0.2, 0) is 33.6 Å². The lowest BCUT2D eigenvalue weighted by Gasteiger charge is -2.24. The smallest absolute Gasteiger partial charge is 0.326 e. The van der Waals surface area contributed by atoms with Crippen molar-refractivity contribution in [2.75, 3.05) is 5.75 Å². The second kappa shape index (κ2) is 14.6. The summed E-state index contributed by atoms with van der Waals surface area (Å²) in [6.07, 6.45) is -2.13. The molecule has 0 aromatic carbocycles. The van der Waals surface area contributed by atoms with Gasteiger partial charge >= 0.3 is 11.9 Å². The van der Waals surface area contributed by atoms with Crippen LogP contribution in [-0.4, -0.2) is 81.6 Å². The third-order valence-corrected chi connectivity index (χ3v) is 4.51. The summed E-state index contributed by atoms with van der Waals surface area (Å²) in [6, 6.07) is -5.67. The quantitative estimate of drug-likeness (QED) is 0.0936. The van der Waals surface area contributed by atoms with Crippen LogP contribution >= 0.6 is 12.6 Å². The summed E-state index contributed by atoms with van der Waals surface area (Å²) in [5.41, 5.74) is 15.5. The molecule has 0 heterocycles. The highest BCUT2D eigenvalue weighted by atomic mass is 32.1. The van der Waals surface area contributed by atoms with Crippen LogP contribution in [0.3, 0.4) is 0 Å². The second-order valence-corrected chi connectivity index (χ2v) is 7.28. The Bertz CT molecular complexity index is 778. The maximum absolute atomic E-state index is 12.6. The number of thiol groups is 1. The van der Waals surface area contributed by atoms with Gasteiger partial charge in [-0.25, -0.2) is 4.79 Å². The number of hydrogen-bond donors (Lipinski definition) is 9. The average Bonchev–Trinajstić information content (AvgIpc) is 2.70. The maximum atomic E-state index is 12.6. The molecule has 33 heavy (non-hydrogen) atoms. The van der Waals surface area contributed by atoms with E-state index in [1.165, 1.54) is 0 Å². The van der Waals surface area contributed by atoms with Gasteiger partial charge < -0.3 is 43.4 Å². The Labute approximate surface area is 193 Å². The zero-order valence-corrected chi connectivity index (χ0v) is 18.4. The van der Waals surface area contributed by atoms with Crippen LogP contribution in [0.25, 0.3) is 0 Å². The number of carbonyl (C=O) groups is 7. The molecule has 0 rings (SSSR count). The lowest BCUT2D eigenvalue weighted by molar-refractivity contribution is -0.143. The van der Waals surface area contributed by atoms with Gasteiger partial charge in [0.15, 0.2) is 0 Å². The molecule has 16 heteroatoms. The average molecular weight is 493 g/mol. The molecule has 11 N–H and O–H groups in total. The first-order valence-corrected chi connectivity index (χ1v) is 10.2. The number of rotatable bonds is 16. The third kappa shape index (κ3) is 12.3. The minimum absolute atomic E-state index is 0.249. The molecule has 0 aliphatic heterocycles. The Morgan fingerprint density at radius 2 is 1.21 bits per heavy atom. The number of hydrogen-bond acceptors (Lipinski definition) is 9. The SMILES string of the molecule is NC(=O)CCC(NC(=O)C(CS)NC(=O)C(N)CC(N)=O)C(=O)NC(CCC(=O)O)C(=O)O. The van der Waals surface area contributed by atoms with E-state index in [9.17, 15) is 38.7 Å². The lowest BCUT2D eigenvalue weighted by Crippen LogP contribution is -2.58. The highest BCUT2D eigenvalue weighted by Crippen LogP contribution is 2.04. The molecule has 0 fully saturated rings. The van der Waals surface area contributed by atoms with Crippen molar-refractivity contribution in [2.45, 2.75) is 56.3 Å². The fourth-order valence-electron chi connectivity index (χ4n) is 2.41. The Hall–Kier alpha value is -3.40. The van der Waals surface area contributed by atoms with E-state index in [1.807, 2.05) is 0 Å². The number of carboxylic acids is 2. The van der Waals surface area contributed by atoms with Crippen molar-refractivity contribution in [3.63, 3.8) is 0 Å². The first-order chi connectivity index (χ1) is 15.3. The molecule has 4 unspecified atom stereocenters. The Morgan fingerprint density at radius 3 is 1.67 bits per heavy atom. The van der Waals surface area contributed by atoms with Crippen molar-refractivity contribution >= 4 is 54.1 Å². The molecule has 186 valence electrons. The monoisotopic (exact) mass is 492 g/mol. The van der Waals surface area contributed by atoms with Crippen LogP contribution in [0.1, 0.15) is 32.1 Å². The largest absolute Gasteiger partial charge is 0.481 e. The van der Waals surface area contributed by atoms with Crippen LogP contribution < -0.4 is 33.2 Å². The van der Waals surface area contributed by atoms with Crippen molar-refractivity contribution in [1.29, 1.82) is 0 Å². The molecule has 0 aromatic heterocycles. The minimum atomic E-state index is -1.58. The first kappa shape index (κ1) is 29.6. The van der Waals surface area contributed by atoms with Gasteiger partial charge in [-0.1, -0.05) is 0 Å². The van der Waals surface area contributed by atoms with Gasteiger partial charge in [-0.2, -0.15) is 12.6 Å². The molecule has 0 aliphatic carbocycles. The van der Waals surface area contributed by atoms with Crippen molar-refractivity contribution in [3.05, 3.63) is 0 Å². The van der Waals surface area contributed by atoms with Gasteiger partial charge in [0.25, 0.3) is 0 Å². The normalized spacial score (nSPS) is 14.1. The van der Waals surface area contributed by atoms with Crippen molar-refractivity contribution in [1.82, 2.24) is 16.0 Å². The van der Waals surface area contributed by atoms with E-state index in [0.717, 1.165) is 0 Å². The fraction of sp³-hybridized carbons (Fsp3) is 0.588. The molecule has 0 aromatic rings. The standard InChI is InChI=1S/C17H28N6O9S/c18-7(5-12(20)25)14(28)23-10(6-33)16(30)21-8(1-3-11(19)24)15(29)22-9(17(31)32)2-4-13(26)27/h7-10,33H,1-6,18H2,(H2,19,24)(H2,20,25)(H,21,30)(H,22,29)(H,23,28)(H,26,27)(H,31,32). The van der Waals surface area contributed by atoms with Crippen LogP contribution in [0.4, 0.5) is 0 Å². The number of carbonyl (C=O) groups excluding carboxylic acids is 5. The van der Waals surface area contributed by atoms with E-state index >= 15 is 0 Å². The number of aliphatic carboxylic acids is 2. The van der Waals surface area contributed by atoms with Gasteiger partial charge in [0.1, 0.15) is 18.1 Å². The van der Waals surface area contributed by atoms with Gasteiger partial charge in [-0.15, -0.1) is 0 Å². The molecule has 5 amide bonds. The third-order valence-electron chi connectivity index (χ3n) is 4.15. The van der Waals surface area contributed by atoms with Crippen LogP contribution in [0.15, 0.2) is 0 Å². The molecule has 0 spiro atoms. The van der Waals surface area contributed by atoms with E-state index in [-0.39, 0.29) is 18.6 Å². The summed E-state index contributed by atoms with van der Waals surface area (Å²) in [7, 11) is 0. The predicted molar refractivity (Wildman–Crippen MR) is 114 cm³/mol. The number of nitrogens with two attached hydrogens (primary N) is 3. The van der Waals surface area contributed by atoms with Crippen LogP contribution in [0, 0.1) is 0 Å². The summed E-state index contributed by atoms with van der Waals surface area (Å²) in [4.78, 5) is 81.1. The van der Waals surface area contributed by atoms with Gasteiger partial charge in [0.2, 0.25) is 29.5 Å². The fourth-order valence-corrected chi connectivity index (χ4v) is 2.66. The Morgan fingerprint density at radius 1 is 0.727 bits per heavy atom. The molecule has 0 saturated carbocycles. The van der Waals surface area contributed by atoms with Crippen LogP contribution in [0.2, 0.25) is 0 Å². The molecular weight excluding hydrogens is 464 g/mol. The number of primary amides is 2. The first-order valence-electron chi connectivity index (χ1n) is 9.57. The van der Waals surface area contributed by atoms with E-state index in [0.29, 0.717) is 0 Å². The maximum Gasteiger partial charge on any atom is 0.326 e.